The quantitative estimate of drug-likeness (QED) is 0.654. The van der Waals surface area contributed by atoms with Crippen LogP contribution in [-0.4, -0.2) is 17.3 Å². The lowest BCUT2D eigenvalue weighted by molar-refractivity contribution is 0.102. The minimum Gasteiger partial charge on any atom is -0.506 e. The first-order valence-electron chi connectivity index (χ1n) is 5.54. The van der Waals surface area contributed by atoms with Gasteiger partial charge in [0.05, 0.1) is 5.69 Å². The molecule has 0 aliphatic carbocycles. The maximum absolute atomic E-state index is 12.0. The predicted molar refractivity (Wildman–Crippen MR) is 82.0 cm³/mol. The normalized spacial score (nSPS) is 10.2. The molecule has 0 atom stereocenters. The molecule has 0 heterocycles. The number of hydrogen-bond donors (Lipinski definition) is 2. The average Bonchev–Trinajstić information content (AvgIpc) is 2.42. The van der Waals surface area contributed by atoms with Crippen LogP contribution < -0.4 is 5.32 Å². The van der Waals surface area contributed by atoms with Gasteiger partial charge < -0.3 is 10.4 Å². The van der Waals surface area contributed by atoms with Crippen molar-refractivity contribution in [3.05, 3.63) is 52.5 Å². The number of rotatable bonds is 3. The van der Waals surface area contributed by atoms with Gasteiger partial charge in [0.15, 0.2) is 0 Å². The summed E-state index contributed by atoms with van der Waals surface area (Å²) >= 11 is 4.87. The molecule has 2 aromatic carbocycles. The number of aromatic hydroxyl groups is 1. The summed E-state index contributed by atoms with van der Waals surface area (Å²) in [7, 11) is 0. The van der Waals surface area contributed by atoms with Crippen molar-refractivity contribution in [3.8, 4) is 5.75 Å². The zero-order valence-corrected chi connectivity index (χ0v) is 12.6. The lowest BCUT2D eigenvalue weighted by Gasteiger charge is -2.08. The molecule has 0 aliphatic heterocycles. The Morgan fingerprint density at radius 2 is 1.89 bits per heavy atom. The zero-order chi connectivity index (χ0) is 13.8. The first-order chi connectivity index (χ1) is 9.10. The highest BCUT2D eigenvalue weighted by atomic mass is 79.9. The standard InChI is InChI=1S/C14H12BrNO2S/c1-19-11-5-2-9(3-6-11)14(18)16-12-7-4-10(15)8-13(12)17/h2-8,17H,1H3,(H,16,18). The van der Waals surface area contributed by atoms with E-state index < -0.39 is 0 Å². The number of anilines is 1. The highest BCUT2D eigenvalue weighted by Crippen LogP contribution is 2.27. The Morgan fingerprint density at radius 3 is 2.47 bits per heavy atom. The second kappa shape index (κ2) is 6.12. The van der Waals surface area contributed by atoms with Crippen molar-refractivity contribution in [2.45, 2.75) is 4.90 Å². The van der Waals surface area contributed by atoms with Gasteiger partial charge in [-0.1, -0.05) is 15.9 Å². The molecule has 2 N–H and O–H groups in total. The van der Waals surface area contributed by atoms with Crippen molar-refractivity contribution >= 4 is 39.3 Å². The molecule has 0 bridgehead atoms. The molecule has 2 rings (SSSR count). The van der Waals surface area contributed by atoms with Crippen LogP contribution in [0.4, 0.5) is 5.69 Å². The highest BCUT2D eigenvalue weighted by molar-refractivity contribution is 9.10. The summed E-state index contributed by atoms with van der Waals surface area (Å²) in [4.78, 5) is 13.1. The predicted octanol–water partition coefficient (Wildman–Crippen LogP) is 4.13. The third-order valence-corrected chi connectivity index (χ3v) is 3.80. The summed E-state index contributed by atoms with van der Waals surface area (Å²) in [5.41, 5.74) is 0.947. The molecule has 98 valence electrons. The van der Waals surface area contributed by atoms with E-state index in [1.165, 1.54) is 6.07 Å². The number of carbonyl (C=O) groups is 1. The molecule has 0 unspecified atom stereocenters. The number of nitrogens with one attached hydrogen (secondary N) is 1. The lowest BCUT2D eigenvalue weighted by atomic mass is 10.2. The van der Waals surface area contributed by atoms with Gasteiger partial charge in [-0.2, -0.15) is 0 Å². The van der Waals surface area contributed by atoms with Crippen LogP contribution in [0.25, 0.3) is 0 Å². The molecule has 3 nitrogen and oxygen atoms in total. The van der Waals surface area contributed by atoms with Gasteiger partial charge in [0.2, 0.25) is 0 Å². The SMILES string of the molecule is CSc1ccc(C(=O)Nc2ccc(Br)cc2O)cc1. The Bertz CT molecular complexity index is 599. The topological polar surface area (TPSA) is 49.3 Å². The van der Waals surface area contributed by atoms with Crippen molar-refractivity contribution in [2.24, 2.45) is 0 Å². The van der Waals surface area contributed by atoms with Crippen molar-refractivity contribution in [3.63, 3.8) is 0 Å². The summed E-state index contributed by atoms with van der Waals surface area (Å²) in [5, 5.41) is 12.4. The van der Waals surface area contributed by atoms with Gasteiger partial charge in [0, 0.05) is 14.9 Å². The van der Waals surface area contributed by atoms with Crippen LogP contribution in [0.3, 0.4) is 0 Å². The molecular weight excluding hydrogens is 326 g/mol. The van der Waals surface area contributed by atoms with E-state index >= 15 is 0 Å². The minimum atomic E-state index is -0.245. The summed E-state index contributed by atoms with van der Waals surface area (Å²) in [6, 6.07) is 12.2. The molecule has 0 saturated heterocycles. The molecule has 0 aromatic heterocycles. The molecule has 0 fully saturated rings. The molecule has 1 amide bonds. The van der Waals surface area contributed by atoms with Crippen LogP contribution in [0.5, 0.6) is 5.75 Å². The average molecular weight is 338 g/mol. The van der Waals surface area contributed by atoms with Gasteiger partial charge in [0.25, 0.3) is 5.91 Å². The maximum Gasteiger partial charge on any atom is 0.255 e. The van der Waals surface area contributed by atoms with E-state index in [4.69, 9.17) is 0 Å². The van der Waals surface area contributed by atoms with Gasteiger partial charge in [-0.15, -0.1) is 11.8 Å². The van der Waals surface area contributed by atoms with E-state index in [0.29, 0.717) is 11.3 Å². The fraction of sp³-hybridized carbons (Fsp3) is 0.0714. The van der Waals surface area contributed by atoms with Crippen molar-refractivity contribution < 1.29 is 9.90 Å². The molecular formula is C14H12BrNO2S. The van der Waals surface area contributed by atoms with Gasteiger partial charge in [-0.05, 0) is 48.7 Å². The monoisotopic (exact) mass is 337 g/mol. The molecule has 0 radical (unpaired) electrons. The number of phenols is 1. The third kappa shape index (κ3) is 3.52. The number of hydrogen-bond acceptors (Lipinski definition) is 3. The van der Waals surface area contributed by atoms with Crippen molar-refractivity contribution in [1.29, 1.82) is 0 Å². The zero-order valence-electron chi connectivity index (χ0n) is 10.2. The van der Waals surface area contributed by atoms with Crippen LogP contribution in [0.15, 0.2) is 51.8 Å². The van der Waals surface area contributed by atoms with Crippen LogP contribution in [0, 0.1) is 0 Å². The fourth-order valence-corrected chi connectivity index (χ4v) is 2.30. The van der Waals surface area contributed by atoms with E-state index in [0.717, 1.165) is 9.37 Å². The molecule has 19 heavy (non-hydrogen) atoms. The first-order valence-corrected chi connectivity index (χ1v) is 7.56. The second-order valence-corrected chi connectivity index (χ2v) is 5.64. The number of carbonyl (C=O) groups excluding carboxylic acids is 1. The Balaban J connectivity index is 2.15. The van der Waals surface area contributed by atoms with Crippen molar-refractivity contribution in [2.75, 3.05) is 11.6 Å². The Labute approximate surface area is 124 Å². The summed E-state index contributed by atoms with van der Waals surface area (Å²) in [6.07, 6.45) is 1.98. The lowest BCUT2D eigenvalue weighted by Crippen LogP contribution is -2.11. The van der Waals surface area contributed by atoms with E-state index in [9.17, 15) is 9.90 Å². The summed E-state index contributed by atoms with van der Waals surface area (Å²) in [6.45, 7) is 0. The van der Waals surface area contributed by atoms with Gasteiger partial charge in [-0.3, -0.25) is 4.79 Å². The van der Waals surface area contributed by atoms with Crippen LogP contribution in [-0.2, 0) is 0 Å². The maximum atomic E-state index is 12.0. The number of amides is 1. The van der Waals surface area contributed by atoms with Crippen LogP contribution >= 0.6 is 27.7 Å². The summed E-state index contributed by atoms with van der Waals surface area (Å²) < 4.78 is 0.757. The van der Waals surface area contributed by atoms with Crippen LogP contribution in [0.1, 0.15) is 10.4 Å². The van der Waals surface area contributed by atoms with Crippen LogP contribution in [0.2, 0.25) is 0 Å². The molecule has 5 heteroatoms. The fourth-order valence-electron chi connectivity index (χ4n) is 1.55. The van der Waals surface area contributed by atoms with E-state index in [2.05, 4.69) is 21.2 Å². The van der Waals surface area contributed by atoms with E-state index in [1.54, 1.807) is 36.0 Å². The number of thioether (sulfide) groups is 1. The molecule has 0 saturated carbocycles. The Morgan fingerprint density at radius 1 is 1.21 bits per heavy atom. The second-order valence-electron chi connectivity index (χ2n) is 3.84. The number of phenolic OH excluding ortho intramolecular Hbond substituents is 1. The molecule has 0 spiro atoms. The minimum absolute atomic E-state index is 0.0310. The van der Waals surface area contributed by atoms with Gasteiger partial charge >= 0.3 is 0 Å². The van der Waals surface area contributed by atoms with Crippen molar-refractivity contribution in [1.82, 2.24) is 0 Å². The summed E-state index contributed by atoms with van der Waals surface area (Å²) in [5.74, 6) is -0.214. The van der Waals surface area contributed by atoms with E-state index in [1.807, 2.05) is 18.4 Å². The van der Waals surface area contributed by atoms with Gasteiger partial charge in [0.1, 0.15) is 5.75 Å². The van der Waals surface area contributed by atoms with Gasteiger partial charge in [-0.25, -0.2) is 0 Å². The first kappa shape index (κ1) is 14.0. The number of benzene rings is 2. The number of halogens is 1. The Hall–Kier alpha value is -1.46. The Kier molecular flexibility index (Phi) is 4.50. The molecule has 0 aliphatic rings. The van der Waals surface area contributed by atoms with E-state index in [-0.39, 0.29) is 11.7 Å². The largest absolute Gasteiger partial charge is 0.506 e. The third-order valence-electron chi connectivity index (χ3n) is 2.56. The smallest absolute Gasteiger partial charge is 0.255 e. The molecule has 2 aromatic rings. The highest BCUT2D eigenvalue weighted by Gasteiger charge is 2.09.